The molecule has 0 saturated carbocycles. The molecule has 0 radical (unpaired) electrons. The number of carboxylic acid groups (broad SMARTS) is 1. The van der Waals surface area contributed by atoms with Crippen LogP contribution < -0.4 is 0 Å². The summed E-state index contributed by atoms with van der Waals surface area (Å²) in [5, 5.41) is 9.87. The molecule has 0 aliphatic rings. The average molecular weight is 461 g/mol. The van der Waals surface area contributed by atoms with E-state index >= 15 is 0 Å². The highest BCUT2D eigenvalue weighted by Crippen LogP contribution is 2.41. The number of carbonyl (C=O) groups is 1. The smallest absolute Gasteiger partial charge is 0.330 e. The van der Waals surface area contributed by atoms with Crippen LogP contribution >= 0.6 is 23.5 Å². The average Bonchev–Trinajstić information content (AvgIpc) is 2.74. The Labute approximate surface area is 197 Å². The van der Waals surface area contributed by atoms with Gasteiger partial charge in [0.05, 0.1) is 0 Å². The molecule has 0 aromatic rings. The van der Waals surface area contributed by atoms with E-state index in [9.17, 15) is 9.90 Å². The van der Waals surface area contributed by atoms with E-state index in [-0.39, 0.29) is 0 Å². The molecule has 0 amide bonds. The van der Waals surface area contributed by atoms with Gasteiger partial charge in [-0.1, -0.05) is 124 Å². The van der Waals surface area contributed by atoms with Crippen molar-refractivity contribution in [2.75, 3.05) is 11.5 Å². The minimum atomic E-state index is -0.625. The van der Waals surface area contributed by atoms with E-state index in [1.807, 2.05) is 6.92 Å². The Morgan fingerprint density at radius 2 is 0.867 bits per heavy atom. The number of unbranched alkanes of at least 4 members (excludes halogenated alkanes) is 16. The second kappa shape index (κ2) is 22.4. The quantitative estimate of drug-likeness (QED) is 0.115. The van der Waals surface area contributed by atoms with Crippen molar-refractivity contribution in [2.45, 2.75) is 147 Å². The van der Waals surface area contributed by atoms with Crippen LogP contribution in [-0.4, -0.2) is 26.7 Å². The van der Waals surface area contributed by atoms with Crippen molar-refractivity contribution in [3.05, 3.63) is 0 Å². The molecular formula is C26H52O2S2. The molecule has 0 unspecified atom stereocenters. The molecule has 0 heterocycles. The van der Waals surface area contributed by atoms with Crippen LogP contribution in [0.15, 0.2) is 0 Å². The van der Waals surface area contributed by atoms with Crippen LogP contribution in [0.5, 0.6) is 0 Å². The third-order valence-electron chi connectivity index (χ3n) is 5.96. The van der Waals surface area contributed by atoms with Crippen LogP contribution in [0, 0.1) is 0 Å². The molecule has 0 atom stereocenters. The number of thioether (sulfide) groups is 2. The fourth-order valence-corrected chi connectivity index (χ4v) is 6.66. The summed E-state index contributed by atoms with van der Waals surface area (Å²) in [6, 6.07) is 0. The van der Waals surface area contributed by atoms with Gasteiger partial charge in [-0.25, -0.2) is 4.79 Å². The van der Waals surface area contributed by atoms with E-state index in [4.69, 9.17) is 0 Å². The number of rotatable bonds is 24. The predicted octanol–water partition coefficient (Wildman–Crippen LogP) is 9.71. The summed E-state index contributed by atoms with van der Waals surface area (Å²) in [5.41, 5.74) is 0. The highest BCUT2D eigenvalue weighted by Gasteiger charge is 2.37. The van der Waals surface area contributed by atoms with E-state index in [0.29, 0.717) is 6.42 Å². The molecule has 0 aromatic carbocycles. The Hall–Kier alpha value is 0.170. The van der Waals surface area contributed by atoms with E-state index < -0.39 is 10.0 Å². The van der Waals surface area contributed by atoms with E-state index in [2.05, 4.69) is 13.8 Å². The molecular weight excluding hydrogens is 408 g/mol. The minimum absolute atomic E-state index is 0.619. The molecule has 0 rings (SSSR count). The van der Waals surface area contributed by atoms with Gasteiger partial charge in [0.2, 0.25) is 0 Å². The zero-order valence-corrected chi connectivity index (χ0v) is 22.2. The predicted molar refractivity (Wildman–Crippen MR) is 140 cm³/mol. The van der Waals surface area contributed by atoms with Gasteiger partial charge >= 0.3 is 5.97 Å². The Kier molecular flexibility index (Phi) is 22.5. The van der Waals surface area contributed by atoms with Crippen LogP contribution in [-0.2, 0) is 4.79 Å². The van der Waals surface area contributed by atoms with Gasteiger partial charge in [0.1, 0.15) is 0 Å². The maximum absolute atomic E-state index is 12.0. The number of hydrogen-bond acceptors (Lipinski definition) is 3. The molecule has 0 bridgehead atoms. The van der Waals surface area contributed by atoms with Gasteiger partial charge in [-0.2, -0.15) is 0 Å². The van der Waals surface area contributed by atoms with E-state index in [1.165, 1.54) is 103 Å². The lowest BCUT2D eigenvalue weighted by Crippen LogP contribution is -2.31. The first-order valence-electron chi connectivity index (χ1n) is 13.1. The second-order valence-corrected chi connectivity index (χ2v) is 11.8. The summed E-state index contributed by atoms with van der Waals surface area (Å²) in [7, 11) is 0. The van der Waals surface area contributed by atoms with Gasteiger partial charge in [-0.3, -0.25) is 0 Å². The maximum atomic E-state index is 12.0. The van der Waals surface area contributed by atoms with Crippen LogP contribution in [0.25, 0.3) is 0 Å². The first-order valence-corrected chi connectivity index (χ1v) is 15.1. The van der Waals surface area contributed by atoms with Gasteiger partial charge < -0.3 is 5.11 Å². The van der Waals surface area contributed by atoms with E-state index in [0.717, 1.165) is 24.3 Å². The van der Waals surface area contributed by atoms with Crippen LogP contribution in [0.1, 0.15) is 143 Å². The van der Waals surface area contributed by atoms with Crippen LogP contribution in [0.4, 0.5) is 0 Å². The summed E-state index contributed by atoms with van der Waals surface area (Å²) in [6.45, 7) is 6.57. The van der Waals surface area contributed by atoms with Crippen molar-refractivity contribution in [1.29, 1.82) is 0 Å². The second-order valence-electron chi connectivity index (χ2n) is 8.77. The minimum Gasteiger partial charge on any atom is -0.480 e. The van der Waals surface area contributed by atoms with Crippen LogP contribution in [0.3, 0.4) is 0 Å². The van der Waals surface area contributed by atoms with Crippen molar-refractivity contribution < 1.29 is 9.90 Å². The summed E-state index contributed by atoms with van der Waals surface area (Å²) >= 11 is 3.39. The van der Waals surface area contributed by atoms with Crippen molar-refractivity contribution in [1.82, 2.24) is 0 Å². The zero-order valence-electron chi connectivity index (χ0n) is 20.5. The molecule has 2 nitrogen and oxygen atoms in total. The monoisotopic (exact) mass is 460 g/mol. The topological polar surface area (TPSA) is 37.3 Å². The summed E-state index contributed by atoms with van der Waals surface area (Å²) < 4.78 is -0.625. The Balaban J connectivity index is 3.82. The first kappa shape index (κ1) is 30.2. The van der Waals surface area contributed by atoms with Gasteiger partial charge in [0, 0.05) is 0 Å². The zero-order chi connectivity index (χ0) is 22.3. The molecule has 0 saturated heterocycles. The Morgan fingerprint density at radius 3 is 1.13 bits per heavy atom. The largest absolute Gasteiger partial charge is 0.480 e. The standard InChI is InChI=1S/C26H52O2S2/c1-4-7-9-11-13-15-17-19-21-23-29-26(6-3,25(27)28)30-24-22-20-18-16-14-12-10-8-5-2/h4-24H2,1-3H3,(H,27,28). The van der Waals surface area contributed by atoms with Crippen LogP contribution in [0.2, 0.25) is 0 Å². The lowest BCUT2D eigenvalue weighted by atomic mass is 10.1. The molecule has 0 spiro atoms. The van der Waals surface area contributed by atoms with Gasteiger partial charge in [-0.15, -0.1) is 23.5 Å². The lowest BCUT2D eigenvalue weighted by Gasteiger charge is -2.27. The molecule has 0 aliphatic carbocycles. The molecule has 0 fully saturated rings. The van der Waals surface area contributed by atoms with Crippen molar-refractivity contribution in [2.24, 2.45) is 0 Å². The first-order chi connectivity index (χ1) is 14.6. The van der Waals surface area contributed by atoms with Gasteiger partial charge in [-0.05, 0) is 30.8 Å². The highest BCUT2D eigenvalue weighted by molar-refractivity contribution is 8.19. The Morgan fingerprint density at radius 1 is 0.567 bits per heavy atom. The molecule has 180 valence electrons. The molecule has 0 aromatic heterocycles. The molecule has 1 N–H and O–H groups in total. The van der Waals surface area contributed by atoms with Crippen molar-refractivity contribution >= 4 is 29.5 Å². The number of carboxylic acids is 1. The summed E-state index contributed by atoms with van der Waals surface area (Å²) in [4.78, 5) is 12.0. The van der Waals surface area contributed by atoms with E-state index in [1.54, 1.807) is 23.5 Å². The molecule has 30 heavy (non-hydrogen) atoms. The third kappa shape index (κ3) is 16.8. The molecule has 0 aliphatic heterocycles. The van der Waals surface area contributed by atoms with Gasteiger partial charge in [0.25, 0.3) is 0 Å². The third-order valence-corrected chi connectivity index (χ3v) is 9.51. The normalized spacial score (nSPS) is 11.8. The Bertz CT molecular complexity index is 350. The summed E-state index contributed by atoms with van der Waals surface area (Å²) in [5.74, 6) is 1.36. The van der Waals surface area contributed by atoms with Crippen molar-refractivity contribution in [3.63, 3.8) is 0 Å². The lowest BCUT2D eigenvalue weighted by molar-refractivity contribution is -0.137. The number of hydrogen-bond donors (Lipinski definition) is 1. The van der Waals surface area contributed by atoms with Gasteiger partial charge in [0.15, 0.2) is 4.08 Å². The SMILES string of the molecule is CCCCCCCCCCCSC(CC)(SCCCCCCCCCCC)C(=O)O. The fraction of sp³-hybridized carbons (Fsp3) is 0.962. The van der Waals surface area contributed by atoms with Crippen molar-refractivity contribution in [3.8, 4) is 0 Å². The highest BCUT2D eigenvalue weighted by atomic mass is 32.2. The number of aliphatic carboxylic acids is 1. The summed E-state index contributed by atoms with van der Waals surface area (Å²) in [6.07, 6.45) is 24.5. The molecule has 4 heteroatoms. The maximum Gasteiger partial charge on any atom is 0.330 e. The fourth-order valence-electron chi connectivity index (χ4n) is 3.82.